The molecule has 0 unspecified atom stereocenters. The van der Waals surface area contributed by atoms with Gasteiger partial charge in [0.15, 0.2) is 11.5 Å². The highest BCUT2D eigenvalue weighted by Crippen LogP contribution is 2.24. The number of nitrogens with zero attached hydrogens (tertiary/aromatic N) is 3. The van der Waals surface area contributed by atoms with Crippen LogP contribution >= 0.6 is 0 Å². The van der Waals surface area contributed by atoms with Crippen LogP contribution in [0.3, 0.4) is 0 Å². The largest absolute Gasteiger partial charge is 0.378 e. The highest BCUT2D eigenvalue weighted by Gasteiger charge is 2.30. The molecule has 1 fully saturated rings. The molecule has 1 aromatic heterocycles. The maximum Gasteiger partial charge on any atom is 0.290 e. The number of hydrogen-bond acceptors (Lipinski definition) is 4. The summed E-state index contributed by atoms with van der Waals surface area (Å²) >= 11 is 0. The molecule has 2 amide bonds. The summed E-state index contributed by atoms with van der Waals surface area (Å²) in [6, 6.07) is 5.83. The van der Waals surface area contributed by atoms with Gasteiger partial charge in [-0.25, -0.2) is 4.98 Å². The van der Waals surface area contributed by atoms with Gasteiger partial charge in [-0.1, -0.05) is 6.07 Å². The average Bonchev–Trinajstić information content (AvgIpc) is 3.11. The molecular weight excluding hydrogens is 356 g/mol. The first-order valence-electron chi connectivity index (χ1n) is 9.89. The number of aromatic nitrogens is 2. The predicted molar refractivity (Wildman–Crippen MR) is 106 cm³/mol. The third-order valence-corrected chi connectivity index (χ3v) is 5.59. The summed E-state index contributed by atoms with van der Waals surface area (Å²) in [7, 11) is 0. The molecule has 3 heterocycles. The Hall–Kier alpha value is -2.67. The molecule has 0 radical (unpaired) electrons. The molecule has 0 aliphatic carbocycles. The van der Waals surface area contributed by atoms with Crippen molar-refractivity contribution < 1.29 is 14.3 Å². The Balaban J connectivity index is 1.63. The third-order valence-electron chi connectivity index (χ3n) is 5.59. The van der Waals surface area contributed by atoms with Gasteiger partial charge >= 0.3 is 0 Å². The fourth-order valence-corrected chi connectivity index (χ4v) is 3.81. The molecule has 1 aromatic carbocycles. The SMILES string of the molecule is Cc1ccc(NC(=O)c2nc(C(=O)N3CCOCC3)n3c2CCCC3)cc1C. The second-order valence-electron chi connectivity index (χ2n) is 7.50. The van der Waals surface area contributed by atoms with Crippen LogP contribution < -0.4 is 5.32 Å². The van der Waals surface area contributed by atoms with Crippen molar-refractivity contribution in [3.63, 3.8) is 0 Å². The Morgan fingerprint density at radius 1 is 1.07 bits per heavy atom. The fourth-order valence-electron chi connectivity index (χ4n) is 3.81. The zero-order valence-corrected chi connectivity index (χ0v) is 16.5. The highest BCUT2D eigenvalue weighted by atomic mass is 16.5. The quantitative estimate of drug-likeness (QED) is 0.885. The van der Waals surface area contributed by atoms with Gasteiger partial charge in [0, 0.05) is 25.3 Å². The number of carbonyl (C=O) groups excluding carboxylic acids is 2. The monoisotopic (exact) mass is 382 g/mol. The minimum atomic E-state index is -0.255. The number of hydrogen-bond donors (Lipinski definition) is 1. The van der Waals surface area contributed by atoms with E-state index in [1.807, 2.05) is 36.6 Å². The second-order valence-corrected chi connectivity index (χ2v) is 7.50. The number of amides is 2. The van der Waals surface area contributed by atoms with Crippen LogP contribution in [0.5, 0.6) is 0 Å². The summed E-state index contributed by atoms with van der Waals surface area (Å²) in [5, 5.41) is 2.95. The van der Waals surface area contributed by atoms with E-state index in [-0.39, 0.29) is 11.8 Å². The molecule has 2 aliphatic heterocycles. The van der Waals surface area contributed by atoms with Crippen molar-refractivity contribution in [2.75, 3.05) is 31.6 Å². The molecule has 1 N–H and O–H groups in total. The Labute approximate surface area is 164 Å². The van der Waals surface area contributed by atoms with Crippen LogP contribution in [-0.2, 0) is 17.7 Å². The number of fused-ring (bicyclic) bond motifs is 1. The van der Waals surface area contributed by atoms with Crippen LogP contribution in [0.2, 0.25) is 0 Å². The van der Waals surface area contributed by atoms with Crippen molar-refractivity contribution in [2.24, 2.45) is 0 Å². The second kappa shape index (κ2) is 7.75. The normalized spacial score (nSPS) is 16.6. The van der Waals surface area contributed by atoms with E-state index in [2.05, 4.69) is 10.3 Å². The molecule has 28 heavy (non-hydrogen) atoms. The lowest BCUT2D eigenvalue weighted by Crippen LogP contribution is -2.42. The van der Waals surface area contributed by atoms with Crippen molar-refractivity contribution >= 4 is 17.5 Å². The van der Waals surface area contributed by atoms with Gasteiger partial charge in [0.1, 0.15) is 0 Å². The minimum absolute atomic E-state index is 0.114. The number of ether oxygens (including phenoxy) is 1. The van der Waals surface area contributed by atoms with Gasteiger partial charge in [0.2, 0.25) is 0 Å². The summed E-state index contributed by atoms with van der Waals surface area (Å²) in [6.45, 7) is 6.98. The highest BCUT2D eigenvalue weighted by molar-refractivity contribution is 6.05. The summed E-state index contributed by atoms with van der Waals surface area (Å²) < 4.78 is 7.28. The molecule has 1 saturated heterocycles. The van der Waals surface area contributed by atoms with E-state index in [0.717, 1.165) is 42.8 Å². The van der Waals surface area contributed by atoms with Crippen molar-refractivity contribution in [1.29, 1.82) is 0 Å². The van der Waals surface area contributed by atoms with Crippen LogP contribution in [0.1, 0.15) is 50.8 Å². The van der Waals surface area contributed by atoms with Gasteiger partial charge in [-0.15, -0.1) is 0 Å². The number of nitrogens with one attached hydrogen (secondary N) is 1. The van der Waals surface area contributed by atoms with Gasteiger partial charge < -0.3 is 19.5 Å². The zero-order chi connectivity index (χ0) is 19.7. The molecule has 0 atom stereocenters. The number of imidazole rings is 1. The Morgan fingerprint density at radius 2 is 1.86 bits per heavy atom. The van der Waals surface area contributed by atoms with E-state index in [0.29, 0.717) is 37.8 Å². The molecule has 4 rings (SSSR count). The molecule has 2 aromatic rings. The topological polar surface area (TPSA) is 76.5 Å². The first-order valence-corrected chi connectivity index (χ1v) is 9.89. The Bertz CT molecular complexity index is 913. The van der Waals surface area contributed by atoms with Gasteiger partial charge in [-0.3, -0.25) is 9.59 Å². The summed E-state index contributed by atoms with van der Waals surface area (Å²) in [6.07, 6.45) is 2.75. The predicted octanol–water partition coefficient (Wildman–Crippen LogP) is 2.56. The lowest BCUT2D eigenvalue weighted by molar-refractivity contribution is 0.0291. The van der Waals surface area contributed by atoms with Crippen LogP contribution in [0.15, 0.2) is 18.2 Å². The zero-order valence-electron chi connectivity index (χ0n) is 16.5. The summed E-state index contributed by atoms with van der Waals surface area (Å²) in [5.74, 6) is 0.00782. The number of anilines is 1. The van der Waals surface area contributed by atoms with Crippen LogP contribution in [-0.4, -0.2) is 52.6 Å². The lowest BCUT2D eigenvalue weighted by atomic mass is 10.1. The van der Waals surface area contributed by atoms with E-state index in [1.54, 1.807) is 4.90 Å². The van der Waals surface area contributed by atoms with E-state index in [4.69, 9.17) is 4.74 Å². The maximum atomic E-state index is 13.0. The van der Waals surface area contributed by atoms with Crippen molar-refractivity contribution in [1.82, 2.24) is 14.5 Å². The van der Waals surface area contributed by atoms with Gasteiger partial charge in [-0.05, 0) is 56.4 Å². The van der Waals surface area contributed by atoms with Crippen molar-refractivity contribution in [3.05, 3.63) is 46.5 Å². The lowest BCUT2D eigenvalue weighted by Gasteiger charge is -2.27. The molecule has 0 saturated carbocycles. The molecule has 0 spiro atoms. The van der Waals surface area contributed by atoms with E-state index >= 15 is 0 Å². The fraction of sp³-hybridized carbons (Fsp3) is 0.476. The molecule has 2 aliphatic rings. The molecule has 148 valence electrons. The minimum Gasteiger partial charge on any atom is -0.378 e. The number of aryl methyl sites for hydroxylation is 2. The van der Waals surface area contributed by atoms with E-state index in [1.165, 1.54) is 5.56 Å². The van der Waals surface area contributed by atoms with Crippen molar-refractivity contribution in [2.45, 2.75) is 39.7 Å². The Morgan fingerprint density at radius 3 is 2.61 bits per heavy atom. The molecule has 7 heteroatoms. The van der Waals surface area contributed by atoms with Crippen LogP contribution in [0.4, 0.5) is 5.69 Å². The van der Waals surface area contributed by atoms with Gasteiger partial charge in [0.25, 0.3) is 11.8 Å². The van der Waals surface area contributed by atoms with E-state index in [9.17, 15) is 9.59 Å². The molecule has 0 bridgehead atoms. The number of benzene rings is 1. The van der Waals surface area contributed by atoms with Crippen molar-refractivity contribution in [3.8, 4) is 0 Å². The smallest absolute Gasteiger partial charge is 0.290 e. The van der Waals surface area contributed by atoms with Crippen LogP contribution in [0.25, 0.3) is 0 Å². The van der Waals surface area contributed by atoms with Gasteiger partial charge in [0.05, 0.1) is 18.9 Å². The maximum absolute atomic E-state index is 13.0. The number of rotatable bonds is 3. The summed E-state index contributed by atoms with van der Waals surface area (Å²) in [4.78, 5) is 32.3. The third kappa shape index (κ3) is 3.54. The first kappa shape index (κ1) is 18.7. The number of carbonyl (C=O) groups is 2. The van der Waals surface area contributed by atoms with E-state index < -0.39 is 0 Å². The Kier molecular flexibility index (Phi) is 5.17. The standard InChI is InChI=1S/C21H26N4O3/c1-14-6-7-16(13-15(14)2)22-20(26)18-17-5-3-4-8-25(17)19(23-18)21(27)24-9-11-28-12-10-24/h6-7,13H,3-5,8-12H2,1-2H3,(H,22,26). The van der Waals surface area contributed by atoms with Crippen LogP contribution in [0, 0.1) is 13.8 Å². The first-order chi connectivity index (χ1) is 13.5. The molecule has 7 nitrogen and oxygen atoms in total. The summed E-state index contributed by atoms with van der Waals surface area (Å²) in [5.41, 5.74) is 4.27. The molecular formula is C21H26N4O3. The number of morpholine rings is 1. The average molecular weight is 382 g/mol. The van der Waals surface area contributed by atoms with Gasteiger partial charge in [-0.2, -0.15) is 0 Å².